The van der Waals surface area contributed by atoms with Gasteiger partial charge in [0.15, 0.2) is 0 Å². The fraction of sp³-hybridized carbons (Fsp3) is 0.833. The van der Waals surface area contributed by atoms with Gasteiger partial charge in [-0.05, 0) is 12.8 Å². The lowest BCUT2D eigenvalue weighted by Crippen LogP contribution is -2.12. The van der Waals surface area contributed by atoms with Crippen LogP contribution in [-0.2, 0) is 9.47 Å². The third-order valence-corrected chi connectivity index (χ3v) is 1.21. The topological polar surface area (TPSA) is 18.5 Å². The van der Waals surface area contributed by atoms with Crippen molar-refractivity contribution in [2.24, 2.45) is 0 Å². The lowest BCUT2D eigenvalue weighted by Gasteiger charge is -2.04. The van der Waals surface area contributed by atoms with Gasteiger partial charge >= 0.3 is 0 Å². The van der Waals surface area contributed by atoms with E-state index in [1.807, 2.05) is 0 Å². The van der Waals surface area contributed by atoms with E-state index in [1.54, 1.807) is 7.11 Å². The summed E-state index contributed by atoms with van der Waals surface area (Å²) in [6.07, 6.45) is 3.48. The van der Waals surface area contributed by atoms with E-state index in [4.69, 9.17) is 9.47 Å². The molecule has 1 rings (SSSR count). The van der Waals surface area contributed by atoms with Crippen LogP contribution in [0, 0.1) is 6.42 Å². The van der Waals surface area contributed by atoms with E-state index in [9.17, 15) is 0 Å². The van der Waals surface area contributed by atoms with Gasteiger partial charge in [-0.25, -0.2) is 0 Å². The molecular formula is C6H11O2. The molecule has 0 aromatic carbocycles. The summed E-state index contributed by atoms with van der Waals surface area (Å²) >= 11 is 0. The minimum atomic E-state index is 0.264. The van der Waals surface area contributed by atoms with Crippen molar-refractivity contribution in [3.05, 3.63) is 6.42 Å². The highest BCUT2D eigenvalue weighted by molar-refractivity contribution is 4.81. The van der Waals surface area contributed by atoms with Crippen LogP contribution in [0.3, 0.4) is 0 Å². The standard InChI is InChI=1S/C6H11O2/c1-7-5-6-3-2-4-8-6/h3,6H,2,4-5H2,1H3. The van der Waals surface area contributed by atoms with Crippen LogP contribution < -0.4 is 0 Å². The number of hydrogen-bond acceptors (Lipinski definition) is 2. The Morgan fingerprint density at radius 1 is 1.88 bits per heavy atom. The summed E-state index contributed by atoms with van der Waals surface area (Å²) in [6, 6.07) is 0. The largest absolute Gasteiger partial charge is 0.382 e. The highest BCUT2D eigenvalue weighted by atomic mass is 16.5. The molecule has 0 N–H and O–H groups in total. The summed E-state index contributed by atoms with van der Waals surface area (Å²) in [7, 11) is 1.69. The smallest absolute Gasteiger partial charge is 0.0840 e. The molecule has 0 saturated carbocycles. The van der Waals surface area contributed by atoms with Gasteiger partial charge in [-0.1, -0.05) is 0 Å². The summed E-state index contributed by atoms with van der Waals surface area (Å²) in [5.74, 6) is 0. The molecule has 2 nitrogen and oxygen atoms in total. The Kier molecular flexibility index (Phi) is 2.30. The maximum Gasteiger partial charge on any atom is 0.0840 e. The lowest BCUT2D eigenvalue weighted by molar-refractivity contribution is 0.0495. The van der Waals surface area contributed by atoms with Crippen molar-refractivity contribution in [3.8, 4) is 0 Å². The molecule has 1 unspecified atom stereocenters. The number of hydrogen-bond donors (Lipinski definition) is 0. The fourth-order valence-electron chi connectivity index (χ4n) is 0.822. The third-order valence-electron chi connectivity index (χ3n) is 1.21. The first-order chi connectivity index (χ1) is 3.93. The van der Waals surface area contributed by atoms with Crippen molar-refractivity contribution in [1.82, 2.24) is 0 Å². The average Bonchev–Trinajstić information content (AvgIpc) is 2.19. The van der Waals surface area contributed by atoms with Crippen LogP contribution in [0.1, 0.15) is 6.42 Å². The maximum atomic E-state index is 5.21. The maximum absolute atomic E-state index is 5.21. The van der Waals surface area contributed by atoms with Gasteiger partial charge in [-0.3, -0.25) is 0 Å². The van der Waals surface area contributed by atoms with Gasteiger partial charge in [0.25, 0.3) is 0 Å². The summed E-state index contributed by atoms with van der Waals surface area (Å²) in [5, 5.41) is 0. The third kappa shape index (κ3) is 1.46. The van der Waals surface area contributed by atoms with E-state index in [-0.39, 0.29) is 6.10 Å². The van der Waals surface area contributed by atoms with Crippen LogP contribution in [0.15, 0.2) is 0 Å². The van der Waals surface area contributed by atoms with Crippen LogP contribution >= 0.6 is 0 Å². The van der Waals surface area contributed by atoms with Crippen molar-refractivity contribution in [2.45, 2.75) is 12.5 Å². The van der Waals surface area contributed by atoms with E-state index in [0.717, 1.165) is 13.0 Å². The number of rotatable bonds is 2. The molecule has 0 spiro atoms. The second-order valence-electron chi connectivity index (χ2n) is 1.89. The zero-order chi connectivity index (χ0) is 5.82. The molecule has 2 heteroatoms. The Morgan fingerprint density at radius 2 is 2.75 bits per heavy atom. The molecule has 0 amide bonds. The molecule has 1 radical (unpaired) electrons. The van der Waals surface area contributed by atoms with Crippen LogP contribution in [0.2, 0.25) is 0 Å². The predicted octanol–water partition coefficient (Wildman–Crippen LogP) is 0.626. The molecule has 0 aromatic rings. The lowest BCUT2D eigenvalue weighted by atomic mass is 10.2. The second kappa shape index (κ2) is 3.05. The Morgan fingerprint density at radius 3 is 3.25 bits per heavy atom. The first kappa shape index (κ1) is 6.05. The van der Waals surface area contributed by atoms with Crippen molar-refractivity contribution < 1.29 is 9.47 Å². The van der Waals surface area contributed by atoms with Crippen LogP contribution in [0.25, 0.3) is 0 Å². The first-order valence-corrected chi connectivity index (χ1v) is 2.87. The number of methoxy groups -OCH3 is 1. The summed E-state index contributed by atoms with van der Waals surface area (Å²) in [4.78, 5) is 0. The van der Waals surface area contributed by atoms with Gasteiger partial charge in [0, 0.05) is 13.7 Å². The van der Waals surface area contributed by atoms with Crippen molar-refractivity contribution in [2.75, 3.05) is 20.3 Å². The van der Waals surface area contributed by atoms with Crippen molar-refractivity contribution in [1.29, 1.82) is 0 Å². The zero-order valence-electron chi connectivity index (χ0n) is 5.09. The average molecular weight is 115 g/mol. The fourth-order valence-corrected chi connectivity index (χ4v) is 0.822. The van der Waals surface area contributed by atoms with Crippen molar-refractivity contribution in [3.63, 3.8) is 0 Å². The van der Waals surface area contributed by atoms with Gasteiger partial charge in [-0.2, -0.15) is 0 Å². The minimum absolute atomic E-state index is 0.264. The molecule has 1 fully saturated rings. The Hall–Kier alpha value is -0.0800. The number of ether oxygens (including phenoxy) is 2. The van der Waals surface area contributed by atoms with Crippen LogP contribution in [-0.4, -0.2) is 26.4 Å². The second-order valence-corrected chi connectivity index (χ2v) is 1.89. The van der Waals surface area contributed by atoms with Crippen LogP contribution in [0.5, 0.6) is 0 Å². The van der Waals surface area contributed by atoms with Gasteiger partial charge in [0.1, 0.15) is 0 Å². The quantitative estimate of drug-likeness (QED) is 0.525. The molecule has 1 atom stereocenters. The molecule has 47 valence electrons. The minimum Gasteiger partial charge on any atom is -0.382 e. The highest BCUT2D eigenvalue weighted by Crippen LogP contribution is 2.09. The summed E-state index contributed by atoms with van der Waals surface area (Å²) in [5.41, 5.74) is 0. The Labute approximate surface area is 49.8 Å². The van der Waals surface area contributed by atoms with E-state index in [2.05, 4.69) is 6.42 Å². The van der Waals surface area contributed by atoms with E-state index in [1.165, 1.54) is 0 Å². The van der Waals surface area contributed by atoms with Crippen molar-refractivity contribution >= 4 is 0 Å². The van der Waals surface area contributed by atoms with Gasteiger partial charge in [0.05, 0.1) is 12.7 Å². The SMILES string of the molecule is COCC1[CH]CCO1. The van der Waals surface area contributed by atoms with E-state index in [0.29, 0.717) is 6.61 Å². The molecule has 1 heterocycles. The predicted molar refractivity (Wildman–Crippen MR) is 30.5 cm³/mol. The molecule has 0 bridgehead atoms. The Bertz CT molecular complexity index is 57.5. The molecule has 8 heavy (non-hydrogen) atoms. The Balaban J connectivity index is 2.06. The molecular weight excluding hydrogens is 104 g/mol. The molecule has 0 aromatic heterocycles. The van der Waals surface area contributed by atoms with E-state index >= 15 is 0 Å². The molecule has 0 aliphatic carbocycles. The zero-order valence-corrected chi connectivity index (χ0v) is 5.09. The monoisotopic (exact) mass is 115 g/mol. The van der Waals surface area contributed by atoms with E-state index < -0.39 is 0 Å². The first-order valence-electron chi connectivity index (χ1n) is 2.87. The molecule has 1 aliphatic heterocycles. The van der Waals surface area contributed by atoms with Gasteiger partial charge in [0.2, 0.25) is 0 Å². The van der Waals surface area contributed by atoms with Gasteiger partial charge < -0.3 is 9.47 Å². The summed E-state index contributed by atoms with van der Waals surface area (Å²) in [6.45, 7) is 1.58. The molecule has 1 aliphatic rings. The highest BCUT2D eigenvalue weighted by Gasteiger charge is 2.14. The van der Waals surface area contributed by atoms with Gasteiger partial charge in [-0.15, -0.1) is 0 Å². The normalized spacial score (nSPS) is 28.9. The van der Waals surface area contributed by atoms with Crippen LogP contribution in [0.4, 0.5) is 0 Å². The summed E-state index contributed by atoms with van der Waals surface area (Å²) < 4.78 is 10.1. The molecule has 1 saturated heterocycles.